The average Bonchev–Trinajstić information content (AvgIpc) is 2.30. The molecule has 0 saturated carbocycles. The zero-order valence-electron chi connectivity index (χ0n) is 8.97. The zero-order chi connectivity index (χ0) is 12.1. The van der Waals surface area contributed by atoms with Crippen molar-refractivity contribution in [2.45, 2.75) is 6.92 Å². The molecule has 0 aliphatic carbocycles. The second kappa shape index (κ2) is 5.16. The molecule has 0 heterocycles. The average molecular weight is 224 g/mol. The lowest BCUT2D eigenvalue weighted by atomic mass is 10.2. The van der Waals surface area contributed by atoms with Crippen LogP contribution in [0.25, 0.3) is 0 Å². The van der Waals surface area contributed by atoms with Crippen molar-refractivity contribution in [1.29, 1.82) is 0 Å². The normalized spacial score (nSPS) is 11.6. The van der Waals surface area contributed by atoms with E-state index in [-0.39, 0.29) is 11.5 Å². The summed E-state index contributed by atoms with van der Waals surface area (Å²) in [7, 11) is 1.20. The lowest BCUT2D eigenvalue weighted by Gasteiger charge is -2.08. The predicted octanol–water partition coefficient (Wildman–Crippen LogP) is 1.11. The Labute approximate surface area is 92.6 Å². The van der Waals surface area contributed by atoms with Gasteiger partial charge < -0.3 is 14.6 Å². The Morgan fingerprint density at radius 2 is 1.75 bits per heavy atom. The number of carbonyl (C=O) groups excluding carboxylic acids is 2. The van der Waals surface area contributed by atoms with Crippen LogP contribution in [0.2, 0.25) is 0 Å². The molecule has 86 valence electrons. The third-order valence-electron chi connectivity index (χ3n) is 1.96. The molecular formula is C11H12O5. The van der Waals surface area contributed by atoms with E-state index in [9.17, 15) is 9.59 Å². The second-order valence-electron chi connectivity index (χ2n) is 3.16. The third-order valence-corrected chi connectivity index (χ3v) is 1.96. The molecule has 0 bridgehead atoms. The molecule has 1 N–H and O–H groups in total. The summed E-state index contributed by atoms with van der Waals surface area (Å²) in [5.74, 6) is -1.99. The summed E-state index contributed by atoms with van der Waals surface area (Å²) in [5.41, 5.74) is 0. The van der Waals surface area contributed by atoms with E-state index in [0.717, 1.165) is 0 Å². The number of phenolic OH excluding ortho intramolecular Hbond substituents is 1. The lowest BCUT2D eigenvalue weighted by Crippen LogP contribution is -2.26. The Bertz CT molecular complexity index is 382. The summed E-state index contributed by atoms with van der Waals surface area (Å²) >= 11 is 0. The van der Waals surface area contributed by atoms with Gasteiger partial charge in [0.25, 0.3) is 0 Å². The summed E-state index contributed by atoms with van der Waals surface area (Å²) in [5, 5.41) is 9.01. The number of benzene rings is 1. The minimum Gasteiger partial charge on any atom is -0.508 e. The Kier molecular flexibility index (Phi) is 3.88. The van der Waals surface area contributed by atoms with Gasteiger partial charge >= 0.3 is 11.9 Å². The fourth-order valence-corrected chi connectivity index (χ4v) is 0.992. The number of aromatic hydroxyl groups is 1. The second-order valence-corrected chi connectivity index (χ2v) is 3.16. The fourth-order valence-electron chi connectivity index (χ4n) is 0.992. The molecular weight excluding hydrogens is 212 g/mol. The minimum atomic E-state index is -0.973. The van der Waals surface area contributed by atoms with Gasteiger partial charge in [0.15, 0.2) is 5.92 Å². The van der Waals surface area contributed by atoms with Crippen LogP contribution in [0, 0.1) is 5.92 Å². The largest absolute Gasteiger partial charge is 0.508 e. The lowest BCUT2D eigenvalue weighted by molar-refractivity contribution is -0.154. The highest BCUT2D eigenvalue weighted by atomic mass is 16.6. The van der Waals surface area contributed by atoms with E-state index in [1.807, 2.05) is 0 Å². The topological polar surface area (TPSA) is 72.8 Å². The molecule has 0 amide bonds. The van der Waals surface area contributed by atoms with E-state index < -0.39 is 17.9 Å². The molecule has 1 rings (SSSR count). The van der Waals surface area contributed by atoms with Gasteiger partial charge in [0, 0.05) is 0 Å². The van der Waals surface area contributed by atoms with Crippen LogP contribution in [0.4, 0.5) is 0 Å². The number of esters is 2. The Morgan fingerprint density at radius 1 is 1.19 bits per heavy atom. The molecule has 1 atom stereocenters. The van der Waals surface area contributed by atoms with Crippen molar-refractivity contribution >= 4 is 11.9 Å². The first-order valence-electron chi connectivity index (χ1n) is 4.63. The monoisotopic (exact) mass is 224 g/mol. The SMILES string of the molecule is COC(=O)C(C)C(=O)Oc1ccc(O)cc1. The Balaban J connectivity index is 2.64. The summed E-state index contributed by atoms with van der Waals surface area (Å²) < 4.78 is 9.31. The van der Waals surface area contributed by atoms with Gasteiger partial charge in [-0.15, -0.1) is 0 Å². The van der Waals surface area contributed by atoms with Crippen molar-refractivity contribution < 1.29 is 24.2 Å². The molecule has 5 heteroatoms. The standard InChI is InChI=1S/C11H12O5/c1-7(10(13)15-2)11(14)16-9-5-3-8(12)4-6-9/h3-7,12H,1-2H3. The zero-order valence-corrected chi connectivity index (χ0v) is 8.97. The van der Waals surface area contributed by atoms with Crippen LogP contribution in [0.5, 0.6) is 11.5 Å². The molecule has 1 aromatic rings. The molecule has 0 saturated heterocycles. The van der Waals surface area contributed by atoms with Gasteiger partial charge in [-0.2, -0.15) is 0 Å². The van der Waals surface area contributed by atoms with Crippen LogP contribution in [-0.2, 0) is 14.3 Å². The first-order chi connectivity index (χ1) is 7.54. The van der Waals surface area contributed by atoms with E-state index >= 15 is 0 Å². The summed E-state index contributed by atoms with van der Waals surface area (Å²) in [6.07, 6.45) is 0. The number of carbonyl (C=O) groups is 2. The smallest absolute Gasteiger partial charge is 0.325 e. The highest BCUT2D eigenvalue weighted by Gasteiger charge is 2.24. The molecule has 16 heavy (non-hydrogen) atoms. The van der Waals surface area contributed by atoms with Gasteiger partial charge in [0.2, 0.25) is 0 Å². The number of hydrogen-bond acceptors (Lipinski definition) is 5. The van der Waals surface area contributed by atoms with E-state index in [0.29, 0.717) is 0 Å². The summed E-state index contributed by atoms with van der Waals surface area (Å²) in [6, 6.07) is 5.62. The van der Waals surface area contributed by atoms with Gasteiger partial charge in [-0.25, -0.2) is 0 Å². The fraction of sp³-hybridized carbons (Fsp3) is 0.273. The van der Waals surface area contributed by atoms with Gasteiger partial charge in [-0.3, -0.25) is 9.59 Å². The van der Waals surface area contributed by atoms with E-state index in [2.05, 4.69) is 4.74 Å². The molecule has 1 aromatic carbocycles. The van der Waals surface area contributed by atoms with Gasteiger partial charge in [0.1, 0.15) is 11.5 Å². The quantitative estimate of drug-likeness (QED) is 0.473. The van der Waals surface area contributed by atoms with E-state index in [4.69, 9.17) is 9.84 Å². The Morgan fingerprint density at radius 3 is 2.25 bits per heavy atom. The van der Waals surface area contributed by atoms with Crippen LogP contribution in [-0.4, -0.2) is 24.2 Å². The molecule has 5 nitrogen and oxygen atoms in total. The van der Waals surface area contributed by atoms with Crippen molar-refractivity contribution in [3.8, 4) is 11.5 Å². The van der Waals surface area contributed by atoms with Crippen molar-refractivity contribution in [1.82, 2.24) is 0 Å². The van der Waals surface area contributed by atoms with Crippen LogP contribution in [0.15, 0.2) is 24.3 Å². The maximum Gasteiger partial charge on any atom is 0.325 e. The third kappa shape index (κ3) is 2.98. The number of methoxy groups -OCH3 is 1. The molecule has 0 radical (unpaired) electrons. The molecule has 0 spiro atoms. The van der Waals surface area contributed by atoms with Gasteiger partial charge in [-0.1, -0.05) is 0 Å². The number of hydrogen-bond donors (Lipinski definition) is 1. The molecule has 0 aromatic heterocycles. The van der Waals surface area contributed by atoms with Crippen LogP contribution in [0.3, 0.4) is 0 Å². The number of ether oxygens (including phenoxy) is 2. The summed E-state index contributed by atoms with van der Waals surface area (Å²) in [4.78, 5) is 22.4. The number of phenols is 1. The highest BCUT2D eigenvalue weighted by Crippen LogP contribution is 2.17. The van der Waals surface area contributed by atoms with Crippen molar-refractivity contribution in [3.05, 3.63) is 24.3 Å². The van der Waals surface area contributed by atoms with Crippen LogP contribution >= 0.6 is 0 Å². The minimum absolute atomic E-state index is 0.0702. The van der Waals surface area contributed by atoms with Gasteiger partial charge in [-0.05, 0) is 31.2 Å². The van der Waals surface area contributed by atoms with E-state index in [1.54, 1.807) is 0 Å². The predicted molar refractivity (Wildman–Crippen MR) is 54.9 cm³/mol. The van der Waals surface area contributed by atoms with Crippen LogP contribution in [0.1, 0.15) is 6.92 Å². The molecule has 1 unspecified atom stereocenters. The van der Waals surface area contributed by atoms with Crippen molar-refractivity contribution in [3.63, 3.8) is 0 Å². The molecule has 0 aliphatic rings. The maximum atomic E-state index is 11.4. The maximum absolute atomic E-state index is 11.4. The highest BCUT2D eigenvalue weighted by molar-refractivity contribution is 5.95. The Hall–Kier alpha value is -2.04. The van der Waals surface area contributed by atoms with Crippen LogP contribution < -0.4 is 4.74 Å². The molecule has 0 aliphatic heterocycles. The molecule has 0 fully saturated rings. The summed E-state index contributed by atoms with van der Waals surface area (Å²) in [6.45, 7) is 1.40. The van der Waals surface area contributed by atoms with E-state index in [1.165, 1.54) is 38.3 Å². The van der Waals surface area contributed by atoms with Crippen molar-refractivity contribution in [2.75, 3.05) is 7.11 Å². The van der Waals surface area contributed by atoms with Crippen molar-refractivity contribution in [2.24, 2.45) is 5.92 Å². The first kappa shape index (κ1) is 12.0. The first-order valence-corrected chi connectivity index (χ1v) is 4.63. The van der Waals surface area contributed by atoms with Gasteiger partial charge in [0.05, 0.1) is 7.11 Å². The number of rotatable bonds is 3.